The van der Waals surface area contributed by atoms with Crippen LogP contribution in [0.25, 0.3) is 0 Å². The van der Waals surface area contributed by atoms with Crippen molar-refractivity contribution in [2.24, 2.45) is 5.10 Å². The molecule has 166 valence electrons. The number of carbonyl (C=O) groups is 1. The molecular weight excluding hydrogens is 431 g/mol. The van der Waals surface area contributed by atoms with Gasteiger partial charge in [-0.05, 0) is 78.6 Å². The maximum absolute atomic E-state index is 13.0. The molecule has 1 N–H and O–H groups in total. The van der Waals surface area contributed by atoms with Gasteiger partial charge in [0.2, 0.25) is 5.91 Å². The quantitative estimate of drug-likeness (QED) is 0.367. The van der Waals surface area contributed by atoms with Gasteiger partial charge in [-0.2, -0.15) is 5.10 Å². The summed E-state index contributed by atoms with van der Waals surface area (Å²) in [4.78, 5) is 12.0. The van der Waals surface area contributed by atoms with Crippen molar-refractivity contribution in [3.8, 4) is 11.5 Å². The van der Waals surface area contributed by atoms with Crippen molar-refractivity contribution in [1.82, 2.24) is 5.43 Å². The average Bonchev–Trinajstić information content (AvgIpc) is 2.77. The molecule has 0 heterocycles. The molecule has 3 rings (SSSR count). The number of ether oxygens (including phenoxy) is 2. The Morgan fingerprint density at radius 1 is 1.09 bits per heavy atom. The van der Waals surface area contributed by atoms with Gasteiger partial charge >= 0.3 is 0 Å². The second kappa shape index (κ2) is 10.8. The van der Waals surface area contributed by atoms with Gasteiger partial charge in [-0.1, -0.05) is 23.7 Å². The first-order chi connectivity index (χ1) is 15.4. The highest BCUT2D eigenvalue weighted by Crippen LogP contribution is 2.27. The van der Waals surface area contributed by atoms with E-state index in [1.54, 1.807) is 25.5 Å². The minimum Gasteiger partial charge on any atom is -0.496 e. The SMILES string of the molecule is COc1ccc(/C=N\NC(=O)Cc2ccc(F)cc2)cc1COc1cc(C)c(Cl)c(C)c1. The number of hydrazone groups is 1. The van der Waals surface area contributed by atoms with Crippen molar-refractivity contribution in [3.05, 3.63) is 93.3 Å². The summed E-state index contributed by atoms with van der Waals surface area (Å²) in [6, 6.07) is 15.1. The van der Waals surface area contributed by atoms with E-state index < -0.39 is 0 Å². The van der Waals surface area contributed by atoms with Crippen molar-refractivity contribution in [2.45, 2.75) is 26.9 Å². The molecule has 0 bridgehead atoms. The fourth-order valence-electron chi connectivity index (χ4n) is 3.15. The zero-order valence-electron chi connectivity index (χ0n) is 18.1. The summed E-state index contributed by atoms with van der Waals surface area (Å²) in [5.41, 5.74) is 6.69. The first-order valence-electron chi connectivity index (χ1n) is 9.98. The highest BCUT2D eigenvalue weighted by atomic mass is 35.5. The van der Waals surface area contributed by atoms with Crippen LogP contribution in [0.4, 0.5) is 4.39 Å². The van der Waals surface area contributed by atoms with E-state index in [0.29, 0.717) is 17.9 Å². The maximum atomic E-state index is 13.0. The summed E-state index contributed by atoms with van der Waals surface area (Å²) in [7, 11) is 1.60. The predicted octanol–water partition coefficient (Wildman–Crippen LogP) is 5.38. The normalized spacial score (nSPS) is 10.9. The average molecular weight is 455 g/mol. The lowest BCUT2D eigenvalue weighted by Gasteiger charge is -2.13. The molecule has 1 amide bonds. The molecule has 0 aliphatic carbocycles. The lowest BCUT2D eigenvalue weighted by molar-refractivity contribution is -0.120. The Labute approximate surface area is 191 Å². The van der Waals surface area contributed by atoms with Crippen molar-refractivity contribution in [3.63, 3.8) is 0 Å². The van der Waals surface area contributed by atoms with Crippen LogP contribution < -0.4 is 14.9 Å². The fraction of sp³-hybridized carbons (Fsp3) is 0.200. The first kappa shape index (κ1) is 23.3. The number of hydrogen-bond acceptors (Lipinski definition) is 4. The maximum Gasteiger partial charge on any atom is 0.244 e. The molecule has 32 heavy (non-hydrogen) atoms. The second-order valence-electron chi connectivity index (χ2n) is 7.33. The molecule has 3 aromatic rings. The number of methoxy groups -OCH3 is 1. The summed E-state index contributed by atoms with van der Waals surface area (Å²) in [5, 5.41) is 4.74. The van der Waals surface area contributed by atoms with Gasteiger partial charge in [-0.3, -0.25) is 4.79 Å². The second-order valence-corrected chi connectivity index (χ2v) is 7.71. The van der Waals surface area contributed by atoms with Crippen LogP contribution in [0.2, 0.25) is 5.02 Å². The molecule has 0 unspecified atom stereocenters. The van der Waals surface area contributed by atoms with Gasteiger partial charge in [0.15, 0.2) is 0 Å². The lowest BCUT2D eigenvalue weighted by atomic mass is 10.1. The molecule has 0 fully saturated rings. The molecule has 0 aliphatic heterocycles. The minimum atomic E-state index is -0.340. The van der Waals surface area contributed by atoms with E-state index in [-0.39, 0.29) is 18.1 Å². The van der Waals surface area contributed by atoms with Crippen molar-refractivity contribution in [1.29, 1.82) is 0 Å². The molecular formula is C25H24ClFN2O3. The topological polar surface area (TPSA) is 59.9 Å². The molecule has 5 nitrogen and oxygen atoms in total. The van der Waals surface area contributed by atoms with E-state index in [1.165, 1.54) is 12.1 Å². The Balaban J connectivity index is 1.63. The number of halogens is 2. The number of nitrogens with zero attached hydrogens (tertiary/aromatic N) is 1. The number of benzene rings is 3. The Kier molecular flexibility index (Phi) is 7.84. The Bertz CT molecular complexity index is 1110. The van der Waals surface area contributed by atoms with Gasteiger partial charge in [0, 0.05) is 10.6 Å². The zero-order chi connectivity index (χ0) is 23.1. The summed E-state index contributed by atoms with van der Waals surface area (Å²) in [5.74, 6) is 0.773. The molecule has 3 aromatic carbocycles. The Hall–Kier alpha value is -3.38. The van der Waals surface area contributed by atoms with Crippen LogP contribution in [0.3, 0.4) is 0 Å². The molecule has 0 saturated carbocycles. The monoisotopic (exact) mass is 454 g/mol. The third kappa shape index (κ3) is 6.31. The highest BCUT2D eigenvalue weighted by Gasteiger charge is 2.08. The van der Waals surface area contributed by atoms with Crippen molar-refractivity contribution < 1.29 is 18.7 Å². The van der Waals surface area contributed by atoms with Crippen molar-refractivity contribution in [2.75, 3.05) is 7.11 Å². The Morgan fingerprint density at radius 2 is 1.78 bits per heavy atom. The smallest absolute Gasteiger partial charge is 0.244 e. The van der Waals surface area contributed by atoms with Crippen LogP contribution in [-0.2, 0) is 17.8 Å². The zero-order valence-corrected chi connectivity index (χ0v) is 18.9. The summed E-state index contributed by atoms with van der Waals surface area (Å²) < 4.78 is 24.3. The van der Waals surface area contributed by atoms with Gasteiger partial charge < -0.3 is 9.47 Å². The van der Waals surface area contributed by atoms with Crippen molar-refractivity contribution >= 4 is 23.7 Å². The summed E-state index contributed by atoms with van der Waals surface area (Å²) in [6.45, 7) is 4.16. The van der Waals surface area contributed by atoms with Gasteiger partial charge in [0.05, 0.1) is 19.7 Å². The lowest BCUT2D eigenvalue weighted by Crippen LogP contribution is -2.19. The minimum absolute atomic E-state index is 0.110. The number of amides is 1. The van der Waals surface area contributed by atoms with Gasteiger partial charge in [0.25, 0.3) is 0 Å². The van der Waals surface area contributed by atoms with Crippen LogP contribution in [0.5, 0.6) is 11.5 Å². The van der Waals surface area contributed by atoms with E-state index in [4.69, 9.17) is 21.1 Å². The molecule has 0 radical (unpaired) electrons. The van der Waals surface area contributed by atoms with Gasteiger partial charge in [0.1, 0.15) is 23.9 Å². The molecule has 0 saturated heterocycles. The highest BCUT2D eigenvalue weighted by molar-refractivity contribution is 6.32. The number of hydrogen-bond donors (Lipinski definition) is 1. The number of carbonyl (C=O) groups excluding carboxylic acids is 1. The first-order valence-corrected chi connectivity index (χ1v) is 10.4. The third-order valence-electron chi connectivity index (χ3n) is 4.79. The molecule has 7 heteroatoms. The third-order valence-corrected chi connectivity index (χ3v) is 5.39. The number of rotatable bonds is 8. The molecule has 0 aromatic heterocycles. The fourth-order valence-corrected chi connectivity index (χ4v) is 3.26. The largest absolute Gasteiger partial charge is 0.496 e. The van der Waals surface area contributed by atoms with E-state index in [1.807, 2.05) is 44.2 Å². The van der Waals surface area contributed by atoms with Crippen LogP contribution in [0.1, 0.15) is 27.8 Å². The Morgan fingerprint density at radius 3 is 2.44 bits per heavy atom. The molecule has 0 atom stereocenters. The van der Waals surface area contributed by atoms with E-state index >= 15 is 0 Å². The van der Waals surface area contributed by atoms with Crippen LogP contribution in [0, 0.1) is 19.7 Å². The van der Waals surface area contributed by atoms with E-state index in [2.05, 4.69) is 10.5 Å². The molecule has 0 spiro atoms. The predicted molar refractivity (Wildman–Crippen MR) is 124 cm³/mol. The van der Waals surface area contributed by atoms with Gasteiger partial charge in [-0.15, -0.1) is 0 Å². The van der Waals surface area contributed by atoms with E-state index in [0.717, 1.165) is 33.0 Å². The number of aryl methyl sites for hydroxylation is 2. The molecule has 0 aliphatic rings. The number of nitrogens with one attached hydrogen (secondary N) is 1. The standard InChI is InChI=1S/C25H24ClFN2O3/c1-16-10-22(11-17(2)25(16)26)32-15-20-12-19(6-9-23(20)31-3)14-28-29-24(30)13-18-4-7-21(27)8-5-18/h4-12,14H,13,15H2,1-3H3,(H,29,30)/b28-14-. The van der Waals surface area contributed by atoms with E-state index in [9.17, 15) is 9.18 Å². The van der Waals surface area contributed by atoms with Crippen LogP contribution >= 0.6 is 11.6 Å². The summed E-state index contributed by atoms with van der Waals surface area (Å²) in [6.07, 6.45) is 1.65. The summed E-state index contributed by atoms with van der Waals surface area (Å²) >= 11 is 6.22. The van der Waals surface area contributed by atoms with Crippen LogP contribution in [0.15, 0.2) is 59.7 Å². The van der Waals surface area contributed by atoms with Gasteiger partial charge in [-0.25, -0.2) is 9.82 Å². The van der Waals surface area contributed by atoms with Crippen LogP contribution in [-0.4, -0.2) is 19.2 Å².